The van der Waals surface area contributed by atoms with E-state index in [1.54, 1.807) is 5.57 Å². The van der Waals surface area contributed by atoms with Gasteiger partial charge in [-0.1, -0.05) is 38.3 Å². The molecule has 100 valence electrons. The minimum absolute atomic E-state index is 0.604. The van der Waals surface area contributed by atoms with Gasteiger partial charge in [-0.3, -0.25) is 0 Å². The van der Waals surface area contributed by atoms with Gasteiger partial charge in [0.15, 0.2) is 0 Å². The van der Waals surface area contributed by atoms with Gasteiger partial charge in [0.2, 0.25) is 0 Å². The summed E-state index contributed by atoms with van der Waals surface area (Å²) < 4.78 is 0. The van der Waals surface area contributed by atoms with E-state index < -0.39 is 0 Å². The lowest BCUT2D eigenvalue weighted by molar-refractivity contribution is 0.583. The van der Waals surface area contributed by atoms with E-state index in [1.807, 2.05) is 0 Å². The molecule has 0 saturated heterocycles. The maximum Gasteiger partial charge on any atom is 0.0368 e. The Morgan fingerprint density at radius 2 is 2.06 bits per heavy atom. The normalized spacial score (nSPS) is 21.2. The molecule has 0 fully saturated rings. The Balaban J connectivity index is 2.46. The number of allylic oxidation sites excluding steroid dienone is 1. The average molecular weight is 255 g/mol. The molecule has 0 aromatic heterocycles. The van der Waals surface area contributed by atoms with E-state index in [1.165, 1.54) is 50.7 Å². The minimum atomic E-state index is 0.604. The summed E-state index contributed by atoms with van der Waals surface area (Å²) in [7, 11) is 2.11. The molecule has 1 nitrogen and oxygen atoms in total. The van der Waals surface area contributed by atoms with Crippen LogP contribution in [0.3, 0.4) is 0 Å². The predicted octanol–water partition coefficient (Wildman–Crippen LogP) is 4.39. The number of hydrogen-bond acceptors (Lipinski definition) is 2. The first-order valence-corrected chi connectivity index (χ1v) is 8.30. The summed E-state index contributed by atoms with van der Waals surface area (Å²) in [6.07, 6.45) is 12.0. The fourth-order valence-electron chi connectivity index (χ4n) is 2.29. The van der Waals surface area contributed by atoms with Gasteiger partial charge in [0.1, 0.15) is 0 Å². The van der Waals surface area contributed by atoms with Crippen molar-refractivity contribution in [3.63, 3.8) is 0 Å². The third-order valence-electron chi connectivity index (χ3n) is 3.74. The van der Waals surface area contributed by atoms with Gasteiger partial charge in [-0.15, -0.1) is 0 Å². The monoisotopic (exact) mass is 255 g/mol. The Morgan fingerprint density at radius 1 is 1.29 bits per heavy atom. The van der Waals surface area contributed by atoms with Crippen LogP contribution in [0.1, 0.15) is 58.8 Å². The molecule has 0 aliphatic heterocycles. The largest absolute Gasteiger partial charge is 0.313 e. The molecule has 0 saturated carbocycles. The van der Waals surface area contributed by atoms with Crippen molar-refractivity contribution >= 4 is 11.8 Å². The van der Waals surface area contributed by atoms with E-state index >= 15 is 0 Å². The minimum Gasteiger partial charge on any atom is -0.313 e. The zero-order chi connectivity index (χ0) is 12.5. The lowest BCUT2D eigenvalue weighted by atomic mass is 9.96. The zero-order valence-corrected chi connectivity index (χ0v) is 12.6. The van der Waals surface area contributed by atoms with Crippen LogP contribution in [0.15, 0.2) is 11.6 Å². The molecule has 0 amide bonds. The highest BCUT2D eigenvalue weighted by molar-refractivity contribution is 7.99. The van der Waals surface area contributed by atoms with Crippen molar-refractivity contribution in [3.05, 3.63) is 11.6 Å². The van der Waals surface area contributed by atoms with Crippen LogP contribution in [0.5, 0.6) is 0 Å². The Morgan fingerprint density at radius 3 is 2.76 bits per heavy atom. The molecule has 1 rings (SSSR count). The standard InChI is InChI=1S/C15H29NS/c1-4-13(2)17-12-15(16-3)14-10-8-6-5-7-9-11-14/h10,13,15-16H,4-9,11-12H2,1-3H3. The smallest absolute Gasteiger partial charge is 0.0368 e. The fourth-order valence-corrected chi connectivity index (χ4v) is 3.42. The third-order valence-corrected chi connectivity index (χ3v) is 5.17. The molecule has 2 heteroatoms. The molecular weight excluding hydrogens is 226 g/mol. The van der Waals surface area contributed by atoms with Gasteiger partial charge >= 0.3 is 0 Å². The molecule has 1 N–H and O–H groups in total. The van der Waals surface area contributed by atoms with Crippen molar-refractivity contribution in [1.29, 1.82) is 0 Å². The van der Waals surface area contributed by atoms with E-state index in [2.05, 4.69) is 44.0 Å². The van der Waals surface area contributed by atoms with Gasteiger partial charge in [-0.25, -0.2) is 0 Å². The topological polar surface area (TPSA) is 12.0 Å². The van der Waals surface area contributed by atoms with Crippen LogP contribution in [-0.2, 0) is 0 Å². The summed E-state index contributed by atoms with van der Waals surface area (Å²) in [6, 6.07) is 0.604. The first kappa shape index (κ1) is 15.1. The Kier molecular flexibility index (Phi) is 8.04. The van der Waals surface area contributed by atoms with Gasteiger partial charge in [0, 0.05) is 17.0 Å². The molecule has 0 spiro atoms. The van der Waals surface area contributed by atoms with Gasteiger partial charge in [0.25, 0.3) is 0 Å². The van der Waals surface area contributed by atoms with Crippen molar-refractivity contribution in [2.24, 2.45) is 0 Å². The summed E-state index contributed by atoms with van der Waals surface area (Å²) >= 11 is 2.11. The second-order valence-electron chi connectivity index (χ2n) is 5.13. The van der Waals surface area contributed by atoms with Crippen molar-refractivity contribution in [3.8, 4) is 0 Å². The van der Waals surface area contributed by atoms with Crippen molar-refractivity contribution in [1.82, 2.24) is 5.32 Å². The Hall–Kier alpha value is 0.0500. The number of thioether (sulfide) groups is 1. The van der Waals surface area contributed by atoms with Crippen molar-refractivity contribution in [2.75, 3.05) is 12.8 Å². The van der Waals surface area contributed by atoms with Crippen molar-refractivity contribution in [2.45, 2.75) is 70.1 Å². The van der Waals surface area contributed by atoms with Crippen LogP contribution in [0.2, 0.25) is 0 Å². The van der Waals surface area contributed by atoms with E-state index in [0.717, 1.165) is 5.25 Å². The molecule has 0 aromatic carbocycles. The Labute approximate surface area is 112 Å². The van der Waals surface area contributed by atoms with Gasteiger partial charge in [-0.05, 0) is 39.2 Å². The number of likely N-dealkylation sites (N-methyl/N-ethyl adjacent to an activating group) is 1. The second-order valence-corrected chi connectivity index (χ2v) is 6.60. The average Bonchev–Trinajstić information content (AvgIpc) is 2.31. The quantitative estimate of drug-likeness (QED) is 0.707. The van der Waals surface area contributed by atoms with Crippen molar-refractivity contribution < 1.29 is 0 Å². The predicted molar refractivity (Wildman–Crippen MR) is 80.8 cm³/mol. The molecule has 0 aromatic rings. The molecule has 2 atom stereocenters. The van der Waals surface area contributed by atoms with Crippen LogP contribution in [0.4, 0.5) is 0 Å². The molecule has 1 aliphatic rings. The summed E-state index contributed by atoms with van der Waals surface area (Å²) in [5.74, 6) is 1.23. The highest BCUT2D eigenvalue weighted by atomic mass is 32.2. The lowest BCUT2D eigenvalue weighted by Gasteiger charge is -2.22. The van der Waals surface area contributed by atoms with Crippen LogP contribution < -0.4 is 5.32 Å². The molecule has 0 radical (unpaired) electrons. The van der Waals surface area contributed by atoms with Gasteiger partial charge in [0.05, 0.1) is 0 Å². The highest BCUT2D eigenvalue weighted by Crippen LogP contribution is 2.23. The summed E-state index contributed by atoms with van der Waals surface area (Å²) in [5.41, 5.74) is 1.67. The number of nitrogens with one attached hydrogen (secondary N) is 1. The van der Waals surface area contributed by atoms with Crippen LogP contribution in [0, 0.1) is 0 Å². The van der Waals surface area contributed by atoms with E-state index in [9.17, 15) is 0 Å². The first-order valence-electron chi connectivity index (χ1n) is 7.25. The third kappa shape index (κ3) is 5.96. The molecule has 2 unspecified atom stereocenters. The van der Waals surface area contributed by atoms with Gasteiger partial charge in [-0.2, -0.15) is 11.8 Å². The maximum atomic E-state index is 3.51. The maximum absolute atomic E-state index is 3.51. The highest BCUT2D eigenvalue weighted by Gasteiger charge is 2.14. The van der Waals surface area contributed by atoms with Crippen LogP contribution in [0.25, 0.3) is 0 Å². The lowest BCUT2D eigenvalue weighted by Crippen LogP contribution is -2.31. The second kappa shape index (κ2) is 9.04. The van der Waals surface area contributed by atoms with Crippen LogP contribution >= 0.6 is 11.8 Å². The SMILES string of the molecule is CCC(C)SCC(NC)C1=CCCCCCC1. The summed E-state index contributed by atoms with van der Waals surface area (Å²) in [4.78, 5) is 0. The van der Waals surface area contributed by atoms with E-state index in [-0.39, 0.29) is 0 Å². The number of rotatable bonds is 6. The molecular formula is C15H29NS. The molecule has 0 bridgehead atoms. The Bertz CT molecular complexity index is 225. The molecule has 1 aliphatic carbocycles. The summed E-state index contributed by atoms with van der Waals surface area (Å²) in [6.45, 7) is 4.62. The van der Waals surface area contributed by atoms with Gasteiger partial charge < -0.3 is 5.32 Å². The molecule has 17 heavy (non-hydrogen) atoms. The first-order chi connectivity index (χ1) is 8.27. The molecule has 0 heterocycles. The summed E-state index contributed by atoms with van der Waals surface area (Å²) in [5, 5.41) is 4.30. The number of hydrogen-bond donors (Lipinski definition) is 1. The zero-order valence-electron chi connectivity index (χ0n) is 11.8. The van der Waals surface area contributed by atoms with Crippen LogP contribution in [-0.4, -0.2) is 24.1 Å². The van der Waals surface area contributed by atoms with E-state index in [0.29, 0.717) is 6.04 Å². The fraction of sp³-hybridized carbons (Fsp3) is 0.867. The van der Waals surface area contributed by atoms with E-state index in [4.69, 9.17) is 0 Å².